The van der Waals surface area contributed by atoms with Gasteiger partial charge in [0.25, 0.3) is 5.91 Å². The first-order chi connectivity index (χ1) is 11.8. The molecule has 1 aromatic heterocycles. The molecule has 0 bridgehead atoms. The molecule has 1 saturated heterocycles. The number of benzene rings is 1. The summed E-state index contributed by atoms with van der Waals surface area (Å²) in [6.45, 7) is 5.29. The lowest BCUT2D eigenvalue weighted by atomic mass is 9.48. The number of nitrogen functional groups attached to an aromatic ring is 1. The molecule has 2 atom stereocenters. The number of likely N-dealkylation sites (tertiary alicyclic amines) is 1. The second-order valence-electron chi connectivity index (χ2n) is 7.76. The molecule has 25 heavy (non-hydrogen) atoms. The summed E-state index contributed by atoms with van der Waals surface area (Å²) >= 11 is 1.32. The number of esters is 1. The van der Waals surface area contributed by atoms with E-state index in [2.05, 4.69) is 18.8 Å². The van der Waals surface area contributed by atoms with Crippen LogP contribution >= 0.6 is 11.3 Å². The third-order valence-corrected chi connectivity index (χ3v) is 6.73. The van der Waals surface area contributed by atoms with Crippen molar-refractivity contribution in [1.82, 2.24) is 9.88 Å². The van der Waals surface area contributed by atoms with Gasteiger partial charge in [-0.25, -0.2) is 4.98 Å². The number of thiazole rings is 1. The molecule has 2 fully saturated rings. The number of amides is 1. The molecule has 4 rings (SSSR count). The van der Waals surface area contributed by atoms with Gasteiger partial charge in [-0.3, -0.25) is 9.59 Å². The van der Waals surface area contributed by atoms with Crippen LogP contribution in [0.1, 0.15) is 30.6 Å². The maximum absolute atomic E-state index is 13.2. The number of hydrogen-bond acceptors (Lipinski definition) is 6. The Bertz CT molecular complexity index is 891. The van der Waals surface area contributed by atoms with Gasteiger partial charge in [0.2, 0.25) is 0 Å². The molecule has 2 heterocycles. The van der Waals surface area contributed by atoms with Crippen molar-refractivity contribution < 1.29 is 14.3 Å². The SMILES string of the molecule is COC(=O)[C@@]12CN(C(=O)c3cccc4nc(N)sc34)C[C@@H]1C(C)(C)C2. The molecule has 1 saturated carbocycles. The number of nitrogens with two attached hydrogens (primary N) is 1. The summed E-state index contributed by atoms with van der Waals surface area (Å²) in [4.78, 5) is 31.6. The van der Waals surface area contributed by atoms with Crippen LogP contribution in [0.25, 0.3) is 10.2 Å². The standard InChI is InChI=1S/C18H21N3O3S/c1-17(2)8-18(15(23)24-3)9-21(7-12(17)18)14(22)10-5-4-6-11-13(10)25-16(19)20-11/h4-6,12H,7-9H2,1-3H3,(H2,19,20)/t12-,18+/m1/s1. The van der Waals surface area contributed by atoms with Crippen LogP contribution < -0.4 is 5.73 Å². The zero-order valence-corrected chi connectivity index (χ0v) is 15.4. The van der Waals surface area contributed by atoms with Gasteiger partial charge in [0.05, 0.1) is 28.3 Å². The Morgan fingerprint density at radius 1 is 1.40 bits per heavy atom. The van der Waals surface area contributed by atoms with E-state index < -0.39 is 5.41 Å². The number of nitrogens with zero attached hydrogens (tertiary/aromatic N) is 2. The van der Waals surface area contributed by atoms with Crippen LogP contribution in [-0.2, 0) is 9.53 Å². The van der Waals surface area contributed by atoms with Crippen molar-refractivity contribution in [2.45, 2.75) is 20.3 Å². The second kappa shape index (κ2) is 5.17. The number of ether oxygens (including phenoxy) is 1. The van der Waals surface area contributed by atoms with Gasteiger partial charge >= 0.3 is 5.97 Å². The summed E-state index contributed by atoms with van der Waals surface area (Å²) in [5.74, 6) is -0.141. The third-order valence-electron chi connectivity index (χ3n) is 5.80. The predicted octanol–water partition coefficient (Wildman–Crippen LogP) is 2.54. The Hall–Kier alpha value is -2.15. The van der Waals surface area contributed by atoms with E-state index in [-0.39, 0.29) is 23.2 Å². The quantitative estimate of drug-likeness (QED) is 0.833. The van der Waals surface area contributed by atoms with Crippen LogP contribution in [0.2, 0.25) is 0 Å². The molecule has 1 amide bonds. The van der Waals surface area contributed by atoms with E-state index in [4.69, 9.17) is 10.5 Å². The van der Waals surface area contributed by atoms with Crippen LogP contribution in [0, 0.1) is 16.7 Å². The third kappa shape index (κ3) is 2.18. The van der Waals surface area contributed by atoms with Crippen LogP contribution in [0.5, 0.6) is 0 Å². The summed E-state index contributed by atoms with van der Waals surface area (Å²) in [6.07, 6.45) is 0.749. The monoisotopic (exact) mass is 359 g/mol. The number of hydrogen-bond donors (Lipinski definition) is 1. The summed E-state index contributed by atoms with van der Waals surface area (Å²) < 4.78 is 5.86. The van der Waals surface area contributed by atoms with Gasteiger partial charge in [0.15, 0.2) is 5.13 Å². The number of rotatable bonds is 2. The smallest absolute Gasteiger partial charge is 0.314 e. The lowest BCUT2D eigenvalue weighted by Crippen LogP contribution is -2.57. The Morgan fingerprint density at radius 2 is 2.16 bits per heavy atom. The van der Waals surface area contributed by atoms with Crippen LogP contribution in [0.3, 0.4) is 0 Å². The van der Waals surface area contributed by atoms with Crippen molar-refractivity contribution in [1.29, 1.82) is 0 Å². The number of fused-ring (bicyclic) bond motifs is 2. The molecule has 1 aliphatic heterocycles. The Balaban J connectivity index is 1.69. The molecule has 1 aliphatic carbocycles. The van der Waals surface area contributed by atoms with Gasteiger partial charge in [-0.15, -0.1) is 0 Å². The van der Waals surface area contributed by atoms with E-state index in [0.29, 0.717) is 23.8 Å². The highest BCUT2D eigenvalue weighted by Gasteiger charge is 2.68. The highest BCUT2D eigenvalue weighted by atomic mass is 32.1. The average Bonchev–Trinajstić information content (AvgIpc) is 3.11. The number of carbonyl (C=O) groups is 2. The molecule has 0 radical (unpaired) electrons. The van der Waals surface area contributed by atoms with Crippen molar-refractivity contribution in [3.8, 4) is 0 Å². The zero-order chi connectivity index (χ0) is 18.0. The maximum atomic E-state index is 13.2. The van der Waals surface area contributed by atoms with Crippen molar-refractivity contribution in [2.24, 2.45) is 16.7 Å². The topological polar surface area (TPSA) is 85.5 Å². The maximum Gasteiger partial charge on any atom is 0.314 e. The Kier molecular flexibility index (Phi) is 3.38. The van der Waals surface area contributed by atoms with E-state index in [1.165, 1.54) is 18.4 Å². The molecule has 0 spiro atoms. The molecular weight excluding hydrogens is 338 g/mol. The Labute approximate surface area is 150 Å². The van der Waals surface area contributed by atoms with Gasteiger partial charge in [-0.2, -0.15) is 0 Å². The molecule has 2 aliphatic rings. The minimum atomic E-state index is -0.561. The van der Waals surface area contributed by atoms with Gasteiger partial charge in [-0.05, 0) is 29.9 Å². The second-order valence-corrected chi connectivity index (χ2v) is 8.79. The average molecular weight is 359 g/mol. The van der Waals surface area contributed by atoms with Crippen LogP contribution in [0.15, 0.2) is 18.2 Å². The van der Waals surface area contributed by atoms with Crippen molar-refractivity contribution in [3.63, 3.8) is 0 Å². The first kappa shape index (κ1) is 16.3. The molecule has 2 aromatic rings. The van der Waals surface area contributed by atoms with E-state index in [9.17, 15) is 9.59 Å². The predicted molar refractivity (Wildman–Crippen MR) is 96.3 cm³/mol. The summed E-state index contributed by atoms with van der Waals surface area (Å²) in [6, 6.07) is 5.48. The van der Waals surface area contributed by atoms with Crippen molar-refractivity contribution in [3.05, 3.63) is 23.8 Å². The molecule has 6 nitrogen and oxygen atoms in total. The molecule has 0 unspecified atom stereocenters. The molecule has 132 valence electrons. The lowest BCUT2D eigenvalue weighted by Gasteiger charge is -2.54. The number of methoxy groups -OCH3 is 1. The van der Waals surface area contributed by atoms with Crippen LogP contribution in [-0.4, -0.2) is 42.0 Å². The van der Waals surface area contributed by atoms with E-state index >= 15 is 0 Å². The summed E-state index contributed by atoms with van der Waals surface area (Å²) in [5.41, 5.74) is 6.61. The van der Waals surface area contributed by atoms with E-state index in [0.717, 1.165) is 16.6 Å². The lowest BCUT2D eigenvalue weighted by molar-refractivity contribution is -0.174. The van der Waals surface area contributed by atoms with E-state index in [1.807, 2.05) is 12.1 Å². The number of anilines is 1. The number of aromatic nitrogens is 1. The van der Waals surface area contributed by atoms with Crippen LogP contribution in [0.4, 0.5) is 5.13 Å². The zero-order valence-electron chi connectivity index (χ0n) is 14.5. The van der Waals surface area contributed by atoms with Crippen molar-refractivity contribution in [2.75, 3.05) is 25.9 Å². The first-order valence-electron chi connectivity index (χ1n) is 8.31. The van der Waals surface area contributed by atoms with Gasteiger partial charge in [0, 0.05) is 13.1 Å². The largest absolute Gasteiger partial charge is 0.469 e. The highest BCUT2D eigenvalue weighted by molar-refractivity contribution is 7.22. The fourth-order valence-corrected chi connectivity index (χ4v) is 5.67. The number of carbonyl (C=O) groups excluding carboxylic acids is 2. The summed E-state index contributed by atoms with van der Waals surface area (Å²) in [5, 5.41) is 0.448. The van der Waals surface area contributed by atoms with E-state index in [1.54, 1.807) is 11.0 Å². The minimum absolute atomic E-state index is 0.0319. The van der Waals surface area contributed by atoms with Gasteiger partial charge < -0.3 is 15.4 Å². The summed E-state index contributed by atoms with van der Waals surface area (Å²) in [7, 11) is 1.42. The molecule has 2 N–H and O–H groups in total. The first-order valence-corrected chi connectivity index (χ1v) is 9.13. The van der Waals surface area contributed by atoms with Crippen molar-refractivity contribution >= 4 is 38.6 Å². The fourth-order valence-electron chi connectivity index (χ4n) is 4.83. The van der Waals surface area contributed by atoms with Gasteiger partial charge in [-0.1, -0.05) is 31.3 Å². The fraction of sp³-hybridized carbons (Fsp3) is 0.500. The Morgan fingerprint density at radius 3 is 2.84 bits per heavy atom. The highest BCUT2D eigenvalue weighted by Crippen LogP contribution is 2.63. The molecular formula is C18H21N3O3S. The minimum Gasteiger partial charge on any atom is -0.469 e. The van der Waals surface area contributed by atoms with Gasteiger partial charge in [0.1, 0.15) is 0 Å². The normalized spacial score (nSPS) is 27.0. The molecule has 1 aromatic carbocycles. The molecule has 7 heteroatoms.